The second-order valence-electron chi connectivity index (χ2n) is 2.95. The summed E-state index contributed by atoms with van der Waals surface area (Å²) in [6.45, 7) is 6.62. The highest BCUT2D eigenvalue weighted by molar-refractivity contribution is 4.67. The van der Waals surface area contributed by atoms with Gasteiger partial charge in [0.1, 0.15) is 0 Å². The van der Waals surface area contributed by atoms with Gasteiger partial charge in [-0.05, 0) is 27.3 Å². The Labute approximate surface area is 63.8 Å². The molecule has 2 atom stereocenters. The van der Waals surface area contributed by atoms with E-state index < -0.39 is 0 Å². The lowest BCUT2D eigenvalue weighted by Crippen LogP contribution is -2.38. The van der Waals surface area contributed by atoms with Gasteiger partial charge in [0.2, 0.25) is 0 Å². The van der Waals surface area contributed by atoms with Crippen molar-refractivity contribution in [3.05, 3.63) is 0 Å². The molecule has 0 radical (unpaired) electrons. The molecule has 0 spiro atoms. The standard InChI is InChI=1S/C8H19NO/c1-5-7(2)9(4)8(3)6-10/h7-8,10H,5-6H2,1-4H3/t7?,8-/m1/s1. The number of likely N-dealkylation sites (N-methyl/N-ethyl adjacent to an activating group) is 1. The Morgan fingerprint density at radius 3 is 2.10 bits per heavy atom. The predicted molar refractivity (Wildman–Crippen MR) is 44.1 cm³/mol. The molecule has 0 saturated carbocycles. The first-order valence-electron chi connectivity index (χ1n) is 3.96. The summed E-state index contributed by atoms with van der Waals surface area (Å²) in [5.74, 6) is 0. The van der Waals surface area contributed by atoms with E-state index in [1.54, 1.807) is 0 Å². The van der Waals surface area contributed by atoms with Crippen LogP contribution in [-0.2, 0) is 0 Å². The van der Waals surface area contributed by atoms with Crippen molar-refractivity contribution in [2.75, 3.05) is 13.7 Å². The van der Waals surface area contributed by atoms with Crippen LogP contribution in [0.15, 0.2) is 0 Å². The zero-order chi connectivity index (χ0) is 8.15. The number of hydrogen-bond donors (Lipinski definition) is 1. The lowest BCUT2D eigenvalue weighted by Gasteiger charge is -2.28. The van der Waals surface area contributed by atoms with Crippen LogP contribution in [0, 0.1) is 0 Å². The summed E-state index contributed by atoms with van der Waals surface area (Å²) in [5, 5.41) is 8.81. The monoisotopic (exact) mass is 145 g/mol. The van der Waals surface area contributed by atoms with Gasteiger partial charge in [0.05, 0.1) is 6.61 Å². The van der Waals surface area contributed by atoms with Crippen LogP contribution in [0.3, 0.4) is 0 Å². The molecule has 62 valence electrons. The van der Waals surface area contributed by atoms with Gasteiger partial charge in [-0.3, -0.25) is 4.90 Å². The summed E-state index contributed by atoms with van der Waals surface area (Å²) in [4.78, 5) is 2.19. The van der Waals surface area contributed by atoms with Crippen molar-refractivity contribution in [2.45, 2.75) is 39.3 Å². The minimum absolute atomic E-state index is 0.251. The molecule has 1 unspecified atom stereocenters. The molecule has 10 heavy (non-hydrogen) atoms. The highest BCUT2D eigenvalue weighted by Crippen LogP contribution is 2.04. The molecule has 0 aliphatic rings. The van der Waals surface area contributed by atoms with Gasteiger partial charge in [0, 0.05) is 12.1 Å². The van der Waals surface area contributed by atoms with Crippen molar-refractivity contribution in [3.8, 4) is 0 Å². The lowest BCUT2D eigenvalue weighted by molar-refractivity contribution is 0.125. The molecule has 2 nitrogen and oxygen atoms in total. The number of nitrogens with zero attached hydrogens (tertiary/aromatic N) is 1. The van der Waals surface area contributed by atoms with Crippen LogP contribution in [0.1, 0.15) is 27.2 Å². The Kier molecular flexibility index (Phi) is 4.65. The van der Waals surface area contributed by atoms with Crippen molar-refractivity contribution in [2.24, 2.45) is 0 Å². The van der Waals surface area contributed by atoms with Gasteiger partial charge < -0.3 is 5.11 Å². The summed E-state index contributed by atoms with van der Waals surface area (Å²) in [6, 6.07) is 0.858. The van der Waals surface area contributed by atoms with Crippen LogP contribution in [0.2, 0.25) is 0 Å². The van der Waals surface area contributed by atoms with Crippen molar-refractivity contribution < 1.29 is 5.11 Å². The number of aliphatic hydroxyl groups excluding tert-OH is 1. The second-order valence-corrected chi connectivity index (χ2v) is 2.95. The third-order valence-electron chi connectivity index (χ3n) is 2.25. The van der Waals surface area contributed by atoms with Gasteiger partial charge in [-0.15, -0.1) is 0 Å². The second kappa shape index (κ2) is 4.69. The summed E-state index contributed by atoms with van der Waals surface area (Å²) in [7, 11) is 2.05. The zero-order valence-corrected chi connectivity index (χ0v) is 7.46. The van der Waals surface area contributed by atoms with E-state index in [9.17, 15) is 0 Å². The maximum atomic E-state index is 8.81. The van der Waals surface area contributed by atoms with Crippen LogP contribution in [0.25, 0.3) is 0 Å². The Morgan fingerprint density at radius 1 is 1.30 bits per heavy atom. The quantitative estimate of drug-likeness (QED) is 0.640. The Morgan fingerprint density at radius 2 is 1.80 bits per heavy atom. The maximum Gasteiger partial charge on any atom is 0.0584 e. The van der Waals surface area contributed by atoms with E-state index in [2.05, 4.69) is 25.8 Å². The van der Waals surface area contributed by atoms with Crippen LogP contribution >= 0.6 is 0 Å². The Bertz CT molecular complexity index is 75.3. The number of rotatable bonds is 4. The van der Waals surface area contributed by atoms with Crippen molar-refractivity contribution >= 4 is 0 Å². The summed E-state index contributed by atoms with van der Waals surface area (Å²) >= 11 is 0. The van der Waals surface area contributed by atoms with Gasteiger partial charge in [-0.2, -0.15) is 0 Å². The van der Waals surface area contributed by atoms with Crippen molar-refractivity contribution in [1.29, 1.82) is 0 Å². The van der Waals surface area contributed by atoms with E-state index in [0.717, 1.165) is 6.42 Å². The molecule has 0 aliphatic carbocycles. The van der Waals surface area contributed by atoms with E-state index in [4.69, 9.17) is 5.11 Å². The predicted octanol–water partition coefficient (Wildman–Crippen LogP) is 1.10. The summed E-state index contributed by atoms with van der Waals surface area (Å²) in [6.07, 6.45) is 1.14. The molecule has 0 saturated heterocycles. The summed E-state index contributed by atoms with van der Waals surface area (Å²) in [5.41, 5.74) is 0. The molecule has 2 heteroatoms. The van der Waals surface area contributed by atoms with E-state index >= 15 is 0 Å². The molecule has 0 aliphatic heterocycles. The van der Waals surface area contributed by atoms with Crippen LogP contribution in [0.4, 0.5) is 0 Å². The molecule has 0 aromatic heterocycles. The van der Waals surface area contributed by atoms with E-state index in [1.165, 1.54) is 0 Å². The highest BCUT2D eigenvalue weighted by atomic mass is 16.3. The molecule has 0 aromatic carbocycles. The smallest absolute Gasteiger partial charge is 0.0584 e. The van der Waals surface area contributed by atoms with Crippen LogP contribution in [0.5, 0.6) is 0 Å². The molecular formula is C8H19NO. The average molecular weight is 145 g/mol. The van der Waals surface area contributed by atoms with Gasteiger partial charge in [-0.1, -0.05) is 6.92 Å². The molecule has 0 heterocycles. The minimum atomic E-state index is 0.251. The highest BCUT2D eigenvalue weighted by Gasteiger charge is 2.12. The SMILES string of the molecule is CCC(C)N(C)[C@H](C)CO. The largest absolute Gasteiger partial charge is 0.395 e. The fourth-order valence-corrected chi connectivity index (χ4v) is 0.851. The molecule has 0 aromatic rings. The van der Waals surface area contributed by atoms with Crippen molar-refractivity contribution in [1.82, 2.24) is 4.90 Å². The summed E-state index contributed by atoms with van der Waals surface area (Å²) < 4.78 is 0. The zero-order valence-electron chi connectivity index (χ0n) is 7.46. The van der Waals surface area contributed by atoms with E-state index in [-0.39, 0.29) is 12.6 Å². The van der Waals surface area contributed by atoms with Gasteiger partial charge in [-0.25, -0.2) is 0 Å². The molecule has 0 amide bonds. The van der Waals surface area contributed by atoms with Crippen molar-refractivity contribution in [3.63, 3.8) is 0 Å². The van der Waals surface area contributed by atoms with E-state index in [0.29, 0.717) is 6.04 Å². The lowest BCUT2D eigenvalue weighted by atomic mass is 10.2. The Balaban J connectivity index is 3.69. The molecule has 1 N–H and O–H groups in total. The van der Waals surface area contributed by atoms with Crippen LogP contribution < -0.4 is 0 Å². The molecular weight excluding hydrogens is 126 g/mol. The van der Waals surface area contributed by atoms with Crippen LogP contribution in [-0.4, -0.2) is 35.7 Å². The third kappa shape index (κ3) is 2.67. The van der Waals surface area contributed by atoms with E-state index in [1.807, 2.05) is 6.92 Å². The fraction of sp³-hybridized carbons (Fsp3) is 1.00. The average Bonchev–Trinajstić information content (AvgIpc) is 2.00. The first kappa shape index (κ1) is 9.92. The van der Waals surface area contributed by atoms with Gasteiger partial charge in [0.25, 0.3) is 0 Å². The molecule has 0 rings (SSSR count). The fourth-order valence-electron chi connectivity index (χ4n) is 0.851. The maximum absolute atomic E-state index is 8.81. The van der Waals surface area contributed by atoms with Gasteiger partial charge >= 0.3 is 0 Å². The number of aliphatic hydroxyl groups is 1. The molecule has 0 bridgehead atoms. The first-order valence-corrected chi connectivity index (χ1v) is 3.96. The topological polar surface area (TPSA) is 23.5 Å². The number of hydrogen-bond acceptors (Lipinski definition) is 2. The normalized spacial score (nSPS) is 17.4. The third-order valence-corrected chi connectivity index (χ3v) is 2.25. The Hall–Kier alpha value is -0.0800. The minimum Gasteiger partial charge on any atom is -0.395 e. The van der Waals surface area contributed by atoms with Gasteiger partial charge in [0.15, 0.2) is 0 Å². The first-order chi connectivity index (χ1) is 4.63. The molecule has 0 fully saturated rings.